The number of nitrogens with zero attached hydrogens (tertiary/aromatic N) is 3. The van der Waals surface area contributed by atoms with Gasteiger partial charge in [0, 0.05) is 38.8 Å². The summed E-state index contributed by atoms with van der Waals surface area (Å²) in [6.07, 6.45) is 3.55. The Balaban J connectivity index is 1.89. The highest BCUT2D eigenvalue weighted by Crippen LogP contribution is 2.23. The van der Waals surface area contributed by atoms with Crippen molar-refractivity contribution in [1.82, 2.24) is 9.88 Å². The monoisotopic (exact) mass is 305 g/mol. The molecule has 0 atom stereocenters. The van der Waals surface area contributed by atoms with Crippen LogP contribution in [-0.4, -0.2) is 53.2 Å². The van der Waals surface area contributed by atoms with Gasteiger partial charge in [0.05, 0.1) is 5.60 Å². The number of rotatable bonds is 4. The number of aryl methyl sites for hydroxylation is 1. The van der Waals surface area contributed by atoms with Crippen molar-refractivity contribution in [3.05, 3.63) is 23.9 Å². The minimum Gasteiger partial charge on any atom is -0.389 e. The Morgan fingerprint density at radius 3 is 2.55 bits per heavy atom. The molecule has 0 aromatic carbocycles. The van der Waals surface area contributed by atoms with Crippen LogP contribution in [0, 0.1) is 12.8 Å². The Hall–Kier alpha value is -1.62. The van der Waals surface area contributed by atoms with E-state index >= 15 is 0 Å². The average molecular weight is 305 g/mol. The van der Waals surface area contributed by atoms with Gasteiger partial charge in [-0.1, -0.05) is 6.07 Å². The van der Waals surface area contributed by atoms with Gasteiger partial charge < -0.3 is 14.9 Å². The number of hydrogen-bond acceptors (Lipinski definition) is 4. The Morgan fingerprint density at radius 1 is 1.41 bits per heavy atom. The van der Waals surface area contributed by atoms with E-state index in [4.69, 9.17) is 0 Å². The fourth-order valence-corrected chi connectivity index (χ4v) is 2.97. The third-order valence-electron chi connectivity index (χ3n) is 4.06. The van der Waals surface area contributed by atoms with Crippen LogP contribution in [0.25, 0.3) is 0 Å². The molecule has 1 N–H and O–H groups in total. The third-order valence-corrected chi connectivity index (χ3v) is 4.06. The molecule has 0 unspecified atom stereocenters. The lowest BCUT2D eigenvalue weighted by Crippen LogP contribution is -2.45. The van der Waals surface area contributed by atoms with Crippen LogP contribution < -0.4 is 4.90 Å². The first-order valence-electron chi connectivity index (χ1n) is 7.91. The second-order valence-electron chi connectivity index (χ2n) is 6.96. The maximum atomic E-state index is 12.4. The number of aromatic nitrogens is 1. The zero-order valence-electron chi connectivity index (χ0n) is 14.0. The van der Waals surface area contributed by atoms with Gasteiger partial charge in [0.1, 0.15) is 5.82 Å². The van der Waals surface area contributed by atoms with Crippen molar-refractivity contribution in [2.75, 3.05) is 31.6 Å². The van der Waals surface area contributed by atoms with Gasteiger partial charge in [-0.05, 0) is 45.2 Å². The first-order valence-corrected chi connectivity index (χ1v) is 7.91. The van der Waals surface area contributed by atoms with E-state index in [2.05, 4.69) is 16.0 Å². The van der Waals surface area contributed by atoms with Crippen LogP contribution >= 0.6 is 0 Å². The molecule has 1 amide bonds. The van der Waals surface area contributed by atoms with Gasteiger partial charge in [-0.2, -0.15) is 0 Å². The summed E-state index contributed by atoms with van der Waals surface area (Å²) in [7, 11) is 1.77. The van der Waals surface area contributed by atoms with Crippen molar-refractivity contribution in [2.24, 2.45) is 5.92 Å². The normalized spacial score (nSPS) is 16.7. The zero-order valence-corrected chi connectivity index (χ0v) is 14.0. The minimum absolute atomic E-state index is 0.0500. The molecule has 0 saturated carbocycles. The Morgan fingerprint density at radius 2 is 2.05 bits per heavy atom. The highest BCUT2D eigenvalue weighted by atomic mass is 16.3. The predicted molar refractivity (Wildman–Crippen MR) is 87.8 cm³/mol. The topological polar surface area (TPSA) is 56.7 Å². The number of aliphatic hydroxyl groups is 1. The number of carbonyl (C=O) groups is 1. The van der Waals surface area contributed by atoms with Crippen LogP contribution in [0.1, 0.15) is 32.3 Å². The van der Waals surface area contributed by atoms with E-state index in [1.54, 1.807) is 25.8 Å². The standard InChI is InChI=1S/C17H27N3O2/c1-13-5-6-15(18-11-13)20-9-7-14(8-10-20)16(21)19(4)12-17(2,3)22/h5-6,11,14,22H,7-10,12H2,1-4H3. The second-order valence-corrected chi connectivity index (χ2v) is 6.96. The zero-order chi connectivity index (χ0) is 16.3. The molecule has 22 heavy (non-hydrogen) atoms. The van der Waals surface area contributed by atoms with Crippen molar-refractivity contribution < 1.29 is 9.90 Å². The number of anilines is 1. The van der Waals surface area contributed by atoms with E-state index in [-0.39, 0.29) is 11.8 Å². The summed E-state index contributed by atoms with van der Waals surface area (Å²) in [4.78, 5) is 20.8. The molecule has 2 rings (SSSR count). The van der Waals surface area contributed by atoms with Gasteiger partial charge in [-0.15, -0.1) is 0 Å². The number of amides is 1. The molecule has 0 aliphatic carbocycles. The molecule has 5 heteroatoms. The summed E-state index contributed by atoms with van der Waals surface area (Å²) < 4.78 is 0. The van der Waals surface area contributed by atoms with Crippen LogP contribution in [0.5, 0.6) is 0 Å². The van der Waals surface area contributed by atoms with E-state index in [0.717, 1.165) is 37.3 Å². The molecule has 5 nitrogen and oxygen atoms in total. The number of likely N-dealkylation sites (N-methyl/N-ethyl adjacent to an activating group) is 1. The number of carbonyl (C=O) groups excluding carboxylic acids is 1. The van der Waals surface area contributed by atoms with E-state index < -0.39 is 5.60 Å². The SMILES string of the molecule is Cc1ccc(N2CCC(C(=O)N(C)CC(C)(C)O)CC2)nc1. The summed E-state index contributed by atoms with van der Waals surface area (Å²) in [6, 6.07) is 4.11. The smallest absolute Gasteiger partial charge is 0.225 e. The Kier molecular flexibility index (Phi) is 5.06. The molecule has 2 heterocycles. The Labute approximate surface area is 132 Å². The molecule has 0 spiro atoms. The van der Waals surface area contributed by atoms with Crippen molar-refractivity contribution in [1.29, 1.82) is 0 Å². The third kappa shape index (κ3) is 4.44. The molecule has 1 fully saturated rings. The number of pyridine rings is 1. The van der Waals surface area contributed by atoms with Crippen molar-refractivity contribution in [2.45, 2.75) is 39.2 Å². The summed E-state index contributed by atoms with van der Waals surface area (Å²) in [5.74, 6) is 1.18. The Bertz CT molecular complexity index is 500. The van der Waals surface area contributed by atoms with Gasteiger partial charge >= 0.3 is 0 Å². The lowest BCUT2D eigenvalue weighted by Gasteiger charge is -2.35. The summed E-state index contributed by atoms with van der Waals surface area (Å²) in [5.41, 5.74) is 0.304. The molecular weight excluding hydrogens is 278 g/mol. The minimum atomic E-state index is -0.850. The largest absolute Gasteiger partial charge is 0.389 e. The van der Waals surface area contributed by atoms with Gasteiger partial charge in [0.25, 0.3) is 0 Å². The maximum absolute atomic E-state index is 12.4. The lowest BCUT2D eigenvalue weighted by molar-refractivity contribution is -0.137. The fraction of sp³-hybridized carbons (Fsp3) is 0.647. The van der Waals surface area contributed by atoms with Gasteiger partial charge in [-0.25, -0.2) is 4.98 Å². The first-order chi connectivity index (χ1) is 10.3. The van der Waals surface area contributed by atoms with Crippen molar-refractivity contribution in [3.63, 3.8) is 0 Å². The predicted octanol–water partition coefficient (Wildman–Crippen LogP) is 1.84. The van der Waals surface area contributed by atoms with Crippen molar-refractivity contribution in [3.8, 4) is 0 Å². The fourth-order valence-electron chi connectivity index (χ4n) is 2.97. The number of hydrogen-bond donors (Lipinski definition) is 1. The van der Waals surface area contributed by atoms with Crippen LogP contribution in [-0.2, 0) is 4.79 Å². The second kappa shape index (κ2) is 6.65. The van der Waals surface area contributed by atoms with Crippen LogP contribution in [0.3, 0.4) is 0 Å². The van der Waals surface area contributed by atoms with E-state index in [1.165, 1.54) is 0 Å². The summed E-state index contributed by atoms with van der Waals surface area (Å²) >= 11 is 0. The molecule has 0 radical (unpaired) electrons. The van der Waals surface area contributed by atoms with Crippen LogP contribution in [0.15, 0.2) is 18.3 Å². The molecule has 1 aromatic rings. The summed E-state index contributed by atoms with van der Waals surface area (Å²) in [6.45, 7) is 7.54. The molecule has 122 valence electrons. The van der Waals surface area contributed by atoms with E-state index in [9.17, 15) is 9.90 Å². The van der Waals surface area contributed by atoms with Crippen LogP contribution in [0.4, 0.5) is 5.82 Å². The van der Waals surface area contributed by atoms with E-state index in [0.29, 0.717) is 6.54 Å². The highest BCUT2D eigenvalue weighted by Gasteiger charge is 2.29. The average Bonchev–Trinajstić information content (AvgIpc) is 2.46. The highest BCUT2D eigenvalue weighted by molar-refractivity contribution is 5.79. The molecule has 1 aromatic heterocycles. The molecular formula is C17H27N3O2. The molecule has 1 saturated heterocycles. The van der Waals surface area contributed by atoms with Gasteiger partial charge in [0.15, 0.2) is 0 Å². The quantitative estimate of drug-likeness (QED) is 0.922. The molecule has 0 bridgehead atoms. The van der Waals surface area contributed by atoms with E-state index in [1.807, 2.05) is 19.2 Å². The summed E-state index contributed by atoms with van der Waals surface area (Å²) in [5, 5.41) is 9.84. The maximum Gasteiger partial charge on any atom is 0.225 e. The van der Waals surface area contributed by atoms with Gasteiger partial charge in [0.2, 0.25) is 5.91 Å². The molecule has 1 aliphatic rings. The first kappa shape index (κ1) is 16.7. The van der Waals surface area contributed by atoms with Gasteiger partial charge in [-0.3, -0.25) is 4.79 Å². The van der Waals surface area contributed by atoms with Crippen LogP contribution in [0.2, 0.25) is 0 Å². The number of piperidine rings is 1. The molecule has 1 aliphatic heterocycles. The lowest BCUT2D eigenvalue weighted by atomic mass is 9.95. The van der Waals surface area contributed by atoms with Crippen molar-refractivity contribution >= 4 is 11.7 Å².